The maximum Gasteiger partial charge on any atom is 0.257 e. The highest BCUT2D eigenvalue weighted by Gasteiger charge is 2.33. The van der Waals surface area contributed by atoms with E-state index in [1.54, 1.807) is 18.2 Å². The van der Waals surface area contributed by atoms with Crippen molar-refractivity contribution in [1.29, 1.82) is 0 Å². The van der Waals surface area contributed by atoms with E-state index in [1.165, 1.54) is 25.6 Å². The van der Waals surface area contributed by atoms with E-state index in [1.807, 2.05) is 13.8 Å². The van der Waals surface area contributed by atoms with Crippen LogP contribution >= 0.6 is 11.3 Å². The molecule has 2 unspecified atom stereocenters. The molecule has 2 atom stereocenters. The first-order chi connectivity index (χ1) is 13.4. The smallest absolute Gasteiger partial charge is 0.257 e. The average Bonchev–Trinajstić information content (AvgIpc) is 3.27. The Morgan fingerprint density at radius 3 is 2.54 bits per heavy atom. The van der Waals surface area contributed by atoms with Crippen LogP contribution in [0.1, 0.15) is 53.5 Å². The predicted octanol–water partition coefficient (Wildman–Crippen LogP) is 3.36. The van der Waals surface area contributed by atoms with E-state index in [2.05, 4.69) is 15.6 Å². The summed E-state index contributed by atoms with van der Waals surface area (Å²) in [7, 11) is 3.07. The molecule has 1 aliphatic rings. The van der Waals surface area contributed by atoms with Gasteiger partial charge in [-0.15, -0.1) is 11.3 Å². The van der Waals surface area contributed by atoms with Gasteiger partial charge in [0.25, 0.3) is 5.91 Å². The Kier molecular flexibility index (Phi) is 6.18. The molecule has 0 radical (unpaired) electrons. The number of aromatic nitrogens is 1. The van der Waals surface area contributed by atoms with Gasteiger partial charge in [0.05, 0.1) is 25.8 Å². The zero-order chi connectivity index (χ0) is 20.3. The lowest BCUT2D eigenvalue weighted by Gasteiger charge is -2.15. The van der Waals surface area contributed by atoms with Crippen LogP contribution in [0, 0.1) is 0 Å². The summed E-state index contributed by atoms with van der Waals surface area (Å²) in [5.74, 6) is 0.530. The number of amides is 2. The quantitative estimate of drug-likeness (QED) is 0.740. The second-order valence-electron chi connectivity index (χ2n) is 6.79. The molecular formula is C20H25N3O4S. The maximum absolute atomic E-state index is 12.6. The van der Waals surface area contributed by atoms with Gasteiger partial charge in [-0.1, -0.05) is 6.92 Å². The third-order valence-electron chi connectivity index (χ3n) is 4.87. The number of fused-ring (bicyclic) bond motifs is 1. The fourth-order valence-corrected chi connectivity index (χ4v) is 4.12. The van der Waals surface area contributed by atoms with E-state index in [0.29, 0.717) is 22.2 Å². The number of ether oxygens (including phenoxy) is 2. The molecule has 0 saturated heterocycles. The zero-order valence-electron chi connectivity index (χ0n) is 16.5. The van der Waals surface area contributed by atoms with Gasteiger partial charge in [-0.05, 0) is 38.3 Å². The lowest BCUT2D eigenvalue weighted by molar-refractivity contribution is -0.123. The number of aryl methyl sites for hydroxylation is 1. The van der Waals surface area contributed by atoms with Crippen molar-refractivity contribution in [2.45, 2.75) is 45.1 Å². The summed E-state index contributed by atoms with van der Waals surface area (Å²) in [6.07, 6.45) is 2.44. The van der Waals surface area contributed by atoms with Crippen LogP contribution in [-0.4, -0.2) is 37.1 Å². The van der Waals surface area contributed by atoms with Gasteiger partial charge in [-0.2, -0.15) is 0 Å². The molecule has 2 aromatic rings. The van der Waals surface area contributed by atoms with Gasteiger partial charge in [0.15, 0.2) is 5.13 Å². The van der Waals surface area contributed by atoms with Crippen LogP contribution in [0.2, 0.25) is 0 Å². The Hall–Kier alpha value is -2.61. The number of thiazole rings is 1. The standard InChI is InChI=1S/C20H25N3O4S/c1-5-11(2)21-19(25)15-6-7-16-17(15)22-20(28-16)23-18(24)12-8-13(26-3)10-14(9-12)27-4/h8-11,15H,5-7H2,1-4H3,(H,21,25)(H,22,23,24). The molecule has 7 nitrogen and oxygen atoms in total. The molecule has 150 valence electrons. The number of hydrogen-bond donors (Lipinski definition) is 2. The van der Waals surface area contributed by atoms with Crippen LogP contribution in [0.15, 0.2) is 18.2 Å². The van der Waals surface area contributed by atoms with Crippen molar-refractivity contribution in [3.63, 3.8) is 0 Å². The number of benzene rings is 1. The molecule has 2 amide bonds. The fourth-order valence-electron chi connectivity index (χ4n) is 3.09. The molecule has 3 rings (SSSR count). The van der Waals surface area contributed by atoms with E-state index in [4.69, 9.17) is 9.47 Å². The van der Waals surface area contributed by atoms with Gasteiger partial charge in [0, 0.05) is 22.5 Å². The van der Waals surface area contributed by atoms with Gasteiger partial charge >= 0.3 is 0 Å². The molecule has 2 N–H and O–H groups in total. The molecule has 0 bridgehead atoms. The lowest BCUT2D eigenvalue weighted by atomic mass is 10.1. The summed E-state index contributed by atoms with van der Waals surface area (Å²) in [6, 6.07) is 5.12. The van der Waals surface area contributed by atoms with Crippen LogP contribution in [0.25, 0.3) is 0 Å². The fraction of sp³-hybridized carbons (Fsp3) is 0.450. The van der Waals surface area contributed by atoms with Crippen molar-refractivity contribution in [1.82, 2.24) is 10.3 Å². The van der Waals surface area contributed by atoms with Gasteiger partial charge in [-0.25, -0.2) is 4.98 Å². The second-order valence-corrected chi connectivity index (χ2v) is 7.88. The minimum Gasteiger partial charge on any atom is -0.497 e. The van der Waals surface area contributed by atoms with E-state index < -0.39 is 0 Å². The summed E-state index contributed by atoms with van der Waals surface area (Å²) in [5.41, 5.74) is 1.20. The highest BCUT2D eigenvalue weighted by atomic mass is 32.1. The van der Waals surface area contributed by atoms with Crippen molar-refractivity contribution in [3.05, 3.63) is 34.3 Å². The molecule has 0 spiro atoms. The maximum atomic E-state index is 12.6. The Bertz CT molecular complexity index is 858. The van der Waals surface area contributed by atoms with Crippen molar-refractivity contribution in [2.75, 3.05) is 19.5 Å². The molecule has 0 aliphatic heterocycles. The molecule has 1 aromatic heterocycles. The number of hydrogen-bond acceptors (Lipinski definition) is 6. The van der Waals surface area contributed by atoms with Gasteiger partial charge in [-0.3, -0.25) is 14.9 Å². The van der Waals surface area contributed by atoms with Crippen molar-refractivity contribution in [2.24, 2.45) is 0 Å². The van der Waals surface area contributed by atoms with Gasteiger partial charge < -0.3 is 14.8 Å². The minimum atomic E-state index is -0.301. The molecule has 28 heavy (non-hydrogen) atoms. The Balaban J connectivity index is 1.74. The molecule has 1 aromatic carbocycles. The van der Waals surface area contributed by atoms with Crippen LogP contribution in [0.3, 0.4) is 0 Å². The van der Waals surface area contributed by atoms with Crippen molar-refractivity contribution in [3.8, 4) is 11.5 Å². The van der Waals surface area contributed by atoms with Crippen LogP contribution in [0.5, 0.6) is 11.5 Å². The number of nitrogens with one attached hydrogen (secondary N) is 2. The first-order valence-corrected chi connectivity index (χ1v) is 10.1. The Morgan fingerprint density at radius 1 is 1.25 bits per heavy atom. The number of rotatable bonds is 7. The molecule has 0 fully saturated rings. The van der Waals surface area contributed by atoms with E-state index in [0.717, 1.165) is 29.8 Å². The van der Waals surface area contributed by atoms with Gasteiger partial charge in [0.2, 0.25) is 5.91 Å². The lowest BCUT2D eigenvalue weighted by Crippen LogP contribution is -2.35. The molecule has 1 heterocycles. The Labute approximate surface area is 168 Å². The number of nitrogens with zero attached hydrogens (tertiary/aromatic N) is 1. The summed E-state index contributed by atoms with van der Waals surface area (Å²) in [4.78, 5) is 30.8. The van der Waals surface area contributed by atoms with E-state index in [9.17, 15) is 9.59 Å². The van der Waals surface area contributed by atoms with Crippen molar-refractivity contribution >= 4 is 28.3 Å². The van der Waals surface area contributed by atoms with E-state index in [-0.39, 0.29) is 23.8 Å². The topological polar surface area (TPSA) is 89.6 Å². The highest BCUT2D eigenvalue weighted by Crippen LogP contribution is 2.38. The number of carbonyl (C=O) groups excluding carboxylic acids is 2. The average molecular weight is 404 g/mol. The number of carbonyl (C=O) groups is 2. The molecule has 0 saturated carbocycles. The Morgan fingerprint density at radius 2 is 1.93 bits per heavy atom. The van der Waals surface area contributed by atoms with Crippen LogP contribution < -0.4 is 20.1 Å². The molecular weight excluding hydrogens is 378 g/mol. The third kappa shape index (κ3) is 4.27. The molecule has 8 heteroatoms. The van der Waals surface area contributed by atoms with E-state index >= 15 is 0 Å². The number of methoxy groups -OCH3 is 2. The third-order valence-corrected chi connectivity index (χ3v) is 5.92. The summed E-state index contributed by atoms with van der Waals surface area (Å²) < 4.78 is 10.4. The van der Waals surface area contributed by atoms with Crippen LogP contribution in [-0.2, 0) is 11.2 Å². The van der Waals surface area contributed by atoms with Crippen LogP contribution in [0.4, 0.5) is 5.13 Å². The summed E-state index contributed by atoms with van der Waals surface area (Å²) in [5, 5.41) is 6.35. The monoisotopic (exact) mass is 403 g/mol. The highest BCUT2D eigenvalue weighted by molar-refractivity contribution is 7.16. The SMILES string of the molecule is CCC(C)NC(=O)C1CCc2sc(NC(=O)c3cc(OC)cc(OC)c3)nc21. The predicted molar refractivity (Wildman–Crippen MR) is 109 cm³/mol. The second kappa shape index (κ2) is 8.60. The summed E-state index contributed by atoms with van der Waals surface area (Å²) >= 11 is 1.43. The minimum absolute atomic E-state index is 0.00816. The normalized spacial score (nSPS) is 16.2. The number of anilines is 1. The largest absolute Gasteiger partial charge is 0.497 e. The van der Waals surface area contributed by atoms with Crippen molar-refractivity contribution < 1.29 is 19.1 Å². The zero-order valence-corrected chi connectivity index (χ0v) is 17.3. The summed E-state index contributed by atoms with van der Waals surface area (Å²) in [6.45, 7) is 4.03. The van der Waals surface area contributed by atoms with Gasteiger partial charge in [0.1, 0.15) is 11.5 Å². The molecule has 1 aliphatic carbocycles. The first kappa shape index (κ1) is 20.1. The first-order valence-electron chi connectivity index (χ1n) is 9.29.